The Balaban J connectivity index is 2.09. The Morgan fingerprint density at radius 3 is 2.90 bits per heavy atom. The van der Waals surface area contributed by atoms with E-state index in [2.05, 4.69) is 18.9 Å². The van der Waals surface area contributed by atoms with Crippen molar-refractivity contribution >= 4 is 0 Å². The molecule has 0 aliphatic carbocycles. The highest BCUT2D eigenvalue weighted by Crippen LogP contribution is 2.32. The Kier molecular flexibility index (Phi) is 1.46. The summed E-state index contributed by atoms with van der Waals surface area (Å²) in [7, 11) is 2.21. The molecule has 2 heterocycles. The molecule has 0 aromatic rings. The summed E-state index contributed by atoms with van der Waals surface area (Å²) < 4.78 is 5.39. The number of hydrogen-bond donors (Lipinski definition) is 0. The molecule has 0 bridgehead atoms. The van der Waals surface area contributed by atoms with Crippen LogP contribution >= 0.6 is 0 Å². The third-order valence-corrected chi connectivity index (χ3v) is 3.03. The first-order valence-corrected chi connectivity index (χ1v) is 4.08. The maximum absolute atomic E-state index is 5.39. The fourth-order valence-electron chi connectivity index (χ4n) is 2.19. The molecule has 0 aromatic carbocycles. The Bertz CT molecular complexity index is 135. The first-order valence-electron chi connectivity index (χ1n) is 4.08. The van der Waals surface area contributed by atoms with Crippen LogP contribution in [0.2, 0.25) is 0 Å². The van der Waals surface area contributed by atoms with Gasteiger partial charge in [0, 0.05) is 18.0 Å². The molecule has 58 valence electrons. The molecule has 0 spiro atoms. The number of ether oxygens (including phenoxy) is 1. The van der Waals surface area contributed by atoms with E-state index in [4.69, 9.17) is 4.74 Å². The van der Waals surface area contributed by atoms with Crippen LogP contribution in [0.3, 0.4) is 0 Å². The van der Waals surface area contributed by atoms with Gasteiger partial charge in [0.2, 0.25) is 0 Å². The fourth-order valence-corrected chi connectivity index (χ4v) is 2.19. The molecule has 0 saturated carbocycles. The van der Waals surface area contributed by atoms with Crippen LogP contribution in [0, 0.1) is 5.92 Å². The summed E-state index contributed by atoms with van der Waals surface area (Å²) in [5.41, 5.74) is 0. The van der Waals surface area contributed by atoms with E-state index in [1.807, 2.05) is 0 Å². The lowest BCUT2D eigenvalue weighted by Crippen LogP contribution is -2.32. The van der Waals surface area contributed by atoms with E-state index in [0.717, 1.165) is 31.2 Å². The quantitative estimate of drug-likeness (QED) is 0.493. The van der Waals surface area contributed by atoms with Crippen molar-refractivity contribution in [3.63, 3.8) is 0 Å². The van der Waals surface area contributed by atoms with Gasteiger partial charge in [0.05, 0.1) is 13.2 Å². The van der Waals surface area contributed by atoms with E-state index in [-0.39, 0.29) is 0 Å². The minimum Gasteiger partial charge on any atom is -0.379 e. The molecule has 2 nitrogen and oxygen atoms in total. The van der Waals surface area contributed by atoms with Gasteiger partial charge in [-0.05, 0) is 20.4 Å². The van der Waals surface area contributed by atoms with Gasteiger partial charge in [0.15, 0.2) is 0 Å². The zero-order chi connectivity index (χ0) is 7.14. The summed E-state index contributed by atoms with van der Waals surface area (Å²) in [4.78, 5) is 2.46. The predicted octanol–water partition coefficient (Wildman–Crippen LogP) is 0.725. The summed E-state index contributed by atoms with van der Waals surface area (Å²) in [6, 6.07) is 1.51. The Morgan fingerprint density at radius 1 is 1.40 bits per heavy atom. The molecule has 2 aliphatic rings. The summed E-state index contributed by atoms with van der Waals surface area (Å²) in [5.74, 6) is 0.833. The highest BCUT2D eigenvalue weighted by Gasteiger charge is 2.40. The second-order valence-corrected chi connectivity index (χ2v) is 3.62. The number of likely N-dealkylation sites (tertiary alicyclic amines) is 1. The molecule has 0 amide bonds. The molecule has 2 saturated heterocycles. The SMILES string of the molecule is CC1C[C@H]2COC[C@H]2N1C. The molecule has 10 heavy (non-hydrogen) atoms. The molecule has 3 atom stereocenters. The summed E-state index contributed by atoms with van der Waals surface area (Å²) in [6.07, 6.45) is 1.33. The third-order valence-electron chi connectivity index (χ3n) is 3.03. The zero-order valence-corrected chi connectivity index (χ0v) is 6.71. The van der Waals surface area contributed by atoms with Crippen molar-refractivity contribution < 1.29 is 4.74 Å². The molecular formula is C8H15NO. The lowest BCUT2D eigenvalue weighted by Gasteiger charge is -2.20. The fraction of sp³-hybridized carbons (Fsp3) is 1.00. The molecule has 1 unspecified atom stereocenters. The van der Waals surface area contributed by atoms with Gasteiger partial charge in [0.1, 0.15) is 0 Å². The van der Waals surface area contributed by atoms with Gasteiger partial charge in [-0.15, -0.1) is 0 Å². The number of likely N-dealkylation sites (N-methyl/N-ethyl adjacent to an activating group) is 1. The molecule has 2 aliphatic heterocycles. The van der Waals surface area contributed by atoms with Crippen molar-refractivity contribution in [1.82, 2.24) is 4.90 Å². The molecule has 0 N–H and O–H groups in total. The minimum absolute atomic E-state index is 0.731. The lowest BCUT2D eigenvalue weighted by molar-refractivity contribution is 0.141. The van der Waals surface area contributed by atoms with Crippen molar-refractivity contribution in [3.05, 3.63) is 0 Å². The van der Waals surface area contributed by atoms with Crippen LogP contribution in [-0.2, 0) is 4.74 Å². The average Bonchev–Trinajstić information content (AvgIpc) is 2.41. The maximum Gasteiger partial charge on any atom is 0.0625 e. The monoisotopic (exact) mass is 141 g/mol. The Hall–Kier alpha value is -0.0800. The van der Waals surface area contributed by atoms with Crippen LogP contribution in [0.5, 0.6) is 0 Å². The standard InChI is InChI=1S/C8H15NO/c1-6-3-7-4-10-5-8(7)9(6)2/h6-8H,3-5H2,1-2H3/t6?,7-,8+/m0/s1. The molecule has 2 fully saturated rings. The molecular weight excluding hydrogens is 126 g/mol. The minimum atomic E-state index is 0.731. The maximum atomic E-state index is 5.39. The van der Waals surface area contributed by atoms with Gasteiger partial charge in [-0.25, -0.2) is 0 Å². The second kappa shape index (κ2) is 2.21. The van der Waals surface area contributed by atoms with Crippen molar-refractivity contribution in [2.75, 3.05) is 20.3 Å². The van der Waals surface area contributed by atoms with Gasteiger partial charge >= 0.3 is 0 Å². The van der Waals surface area contributed by atoms with Crippen LogP contribution in [0.1, 0.15) is 13.3 Å². The van der Waals surface area contributed by atoms with Crippen LogP contribution in [0.25, 0.3) is 0 Å². The van der Waals surface area contributed by atoms with Crippen molar-refractivity contribution in [1.29, 1.82) is 0 Å². The van der Waals surface area contributed by atoms with Crippen LogP contribution in [0.15, 0.2) is 0 Å². The van der Waals surface area contributed by atoms with Gasteiger partial charge in [-0.2, -0.15) is 0 Å². The lowest BCUT2D eigenvalue weighted by atomic mass is 10.0. The van der Waals surface area contributed by atoms with E-state index < -0.39 is 0 Å². The van der Waals surface area contributed by atoms with Gasteiger partial charge in [0.25, 0.3) is 0 Å². The number of hydrogen-bond acceptors (Lipinski definition) is 2. The van der Waals surface area contributed by atoms with Gasteiger partial charge in [-0.3, -0.25) is 4.90 Å². The molecule has 0 radical (unpaired) electrons. The third kappa shape index (κ3) is 0.789. The van der Waals surface area contributed by atoms with Crippen molar-refractivity contribution in [2.45, 2.75) is 25.4 Å². The van der Waals surface area contributed by atoms with E-state index >= 15 is 0 Å². The smallest absolute Gasteiger partial charge is 0.0625 e. The predicted molar refractivity (Wildman–Crippen MR) is 39.9 cm³/mol. The topological polar surface area (TPSA) is 12.5 Å². The number of fused-ring (bicyclic) bond motifs is 1. The largest absolute Gasteiger partial charge is 0.379 e. The second-order valence-electron chi connectivity index (χ2n) is 3.62. The Morgan fingerprint density at radius 2 is 2.20 bits per heavy atom. The Labute approximate surface area is 62.2 Å². The van der Waals surface area contributed by atoms with Gasteiger partial charge in [-0.1, -0.05) is 0 Å². The zero-order valence-electron chi connectivity index (χ0n) is 6.71. The molecule has 0 aromatic heterocycles. The van der Waals surface area contributed by atoms with E-state index in [1.165, 1.54) is 6.42 Å². The summed E-state index contributed by atoms with van der Waals surface area (Å²) in [6.45, 7) is 4.27. The van der Waals surface area contributed by atoms with Crippen molar-refractivity contribution in [2.24, 2.45) is 5.92 Å². The normalized spacial score (nSPS) is 48.0. The average molecular weight is 141 g/mol. The summed E-state index contributed by atoms with van der Waals surface area (Å²) >= 11 is 0. The van der Waals surface area contributed by atoms with E-state index in [1.54, 1.807) is 0 Å². The molecule has 2 rings (SSSR count). The van der Waals surface area contributed by atoms with Crippen LogP contribution < -0.4 is 0 Å². The molecule has 2 heteroatoms. The van der Waals surface area contributed by atoms with Crippen LogP contribution in [-0.4, -0.2) is 37.2 Å². The first kappa shape index (κ1) is 6.62. The van der Waals surface area contributed by atoms with E-state index in [0.29, 0.717) is 0 Å². The highest BCUT2D eigenvalue weighted by atomic mass is 16.5. The van der Waals surface area contributed by atoms with E-state index in [9.17, 15) is 0 Å². The summed E-state index contributed by atoms with van der Waals surface area (Å²) in [5, 5.41) is 0. The van der Waals surface area contributed by atoms with Crippen LogP contribution in [0.4, 0.5) is 0 Å². The highest BCUT2D eigenvalue weighted by molar-refractivity contribution is 4.92. The first-order chi connectivity index (χ1) is 4.79. The number of nitrogens with zero attached hydrogens (tertiary/aromatic N) is 1. The van der Waals surface area contributed by atoms with Gasteiger partial charge < -0.3 is 4.74 Å². The number of rotatable bonds is 0. The van der Waals surface area contributed by atoms with Crippen molar-refractivity contribution in [3.8, 4) is 0 Å².